The van der Waals surface area contributed by atoms with Gasteiger partial charge in [0.25, 0.3) is 11.8 Å². The number of fused-ring (bicyclic) bond motifs is 1. The summed E-state index contributed by atoms with van der Waals surface area (Å²) in [5, 5.41) is 4.10. The van der Waals surface area contributed by atoms with Crippen molar-refractivity contribution >= 4 is 56.6 Å². The van der Waals surface area contributed by atoms with E-state index in [9.17, 15) is 35.9 Å². The molecule has 5 nitrogen and oxygen atoms in total. The lowest BCUT2D eigenvalue weighted by Gasteiger charge is -2.15. The minimum Gasteiger partial charge on any atom is -0.332 e. The van der Waals surface area contributed by atoms with Gasteiger partial charge in [-0.3, -0.25) is 9.59 Å². The molecule has 0 atom stereocenters. The standard InChI is InChI=1S/C25H13F6N3O2S.BrH/c26-24(27,28)14-9-15(25(29,30)31)11-16(10-14)32-23-33-20(12-37-23)13-4-3-5-17(8-13)34-21(35)18-6-1-2-7-19(18)22(34)36;/h1-12H,(H,32,33);1H. The number of halogens is 7. The van der Waals surface area contributed by atoms with Crippen molar-refractivity contribution in [3.05, 3.63) is 94.4 Å². The molecule has 0 saturated heterocycles. The third-order valence-electron chi connectivity index (χ3n) is 5.54. The average Bonchev–Trinajstić information content (AvgIpc) is 3.41. The lowest BCUT2D eigenvalue weighted by Crippen LogP contribution is -2.29. The predicted octanol–water partition coefficient (Wildman–Crippen LogP) is 7.97. The number of alkyl halides is 6. The van der Waals surface area contributed by atoms with Gasteiger partial charge in [0.05, 0.1) is 33.6 Å². The van der Waals surface area contributed by atoms with E-state index >= 15 is 0 Å². The topological polar surface area (TPSA) is 62.3 Å². The Morgan fingerprint density at radius 3 is 1.89 bits per heavy atom. The van der Waals surface area contributed by atoms with Gasteiger partial charge in [-0.1, -0.05) is 24.3 Å². The van der Waals surface area contributed by atoms with Crippen molar-refractivity contribution in [1.29, 1.82) is 0 Å². The molecule has 1 aromatic heterocycles. The molecule has 0 fully saturated rings. The Hall–Kier alpha value is -3.71. The van der Waals surface area contributed by atoms with Crippen molar-refractivity contribution < 1.29 is 35.9 Å². The second-order valence-electron chi connectivity index (χ2n) is 8.00. The maximum absolute atomic E-state index is 13.1. The first-order valence-electron chi connectivity index (χ1n) is 10.5. The van der Waals surface area contributed by atoms with Gasteiger partial charge in [0.1, 0.15) is 0 Å². The van der Waals surface area contributed by atoms with Crippen molar-refractivity contribution in [1.82, 2.24) is 4.98 Å². The minimum atomic E-state index is -4.98. The van der Waals surface area contributed by atoms with Crippen LogP contribution in [0.3, 0.4) is 0 Å². The summed E-state index contributed by atoms with van der Waals surface area (Å²) in [6.07, 6.45) is -9.95. The maximum atomic E-state index is 13.1. The fraction of sp³-hybridized carbons (Fsp3) is 0.0800. The molecule has 0 unspecified atom stereocenters. The minimum absolute atomic E-state index is 0. The number of anilines is 3. The quantitative estimate of drug-likeness (QED) is 0.187. The molecule has 0 radical (unpaired) electrons. The molecule has 3 aromatic carbocycles. The van der Waals surface area contributed by atoms with Crippen LogP contribution < -0.4 is 10.2 Å². The molecule has 0 aliphatic carbocycles. The van der Waals surface area contributed by atoms with Gasteiger partial charge in [-0.2, -0.15) is 26.3 Å². The summed E-state index contributed by atoms with van der Waals surface area (Å²) in [5.74, 6) is -0.966. The number of carbonyl (C=O) groups is 2. The molecule has 1 N–H and O–H groups in total. The number of nitrogens with zero attached hydrogens (tertiary/aromatic N) is 2. The van der Waals surface area contributed by atoms with Gasteiger partial charge in [-0.15, -0.1) is 28.3 Å². The van der Waals surface area contributed by atoms with Crippen LogP contribution in [0.5, 0.6) is 0 Å². The number of hydrogen-bond donors (Lipinski definition) is 1. The predicted molar refractivity (Wildman–Crippen MR) is 135 cm³/mol. The van der Waals surface area contributed by atoms with Crippen molar-refractivity contribution in [2.45, 2.75) is 12.4 Å². The lowest BCUT2D eigenvalue weighted by atomic mass is 10.1. The van der Waals surface area contributed by atoms with E-state index in [0.29, 0.717) is 29.1 Å². The maximum Gasteiger partial charge on any atom is 0.416 e. The molecule has 2 heterocycles. The Labute approximate surface area is 225 Å². The number of amides is 2. The molecule has 196 valence electrons. The molecular formula is C25H14BrF6N3O2S. The van der Waals surface area contributed by atoms with Gasteiger partial charge in [-0.25, -0.2) is 9.88 Å². The fourth-order valence-corrected chi connectivity index (χ4v) is 4.58. The van der Waals surface area contributed by atoms with Crippen LogP contribution in [0, 0.1) is 0 Å². The molecule has 0 bridgehead atoms. The summed E-state index contributed by atoms with van der Waals surface area (Å²) in [7, 11) is 0. The molecule has 5 rings (SSSR count). The van der Waals surface area contributed by atoms with Crippen molar-refractivity contribution in [3.63, 3.8) is 0 Å². The zero-order chi connectivity index (χ0) is 26.5. The van der Waals surface area contributed by atoms with Crippen LogP contribution >= 0.6 is 28.3 Å². The summed E-state index contributed by atoms with van der Waals surface area (Å²) in [6, 6.07) is 13.9. The zero-order valence-electron chi connectivity index (χ0n) is 18.7. The van der Waals surface area contributed by atoms with E-state index in [1.165, 1.54) is 0 Å². The summed E-state index contributed by atoms with van der Waals surface area (Å²) in [5.41, 5.74) is -1.66. The number of thiazole rings is 1. The second kappa shape index (κ2) is 9.87. The molecule has 13 heteroatoms. The van der Waals surface area contributed by atoms with E-state index in [1.807, 2.05) is 0 Å². The van der Waals surface area contributed by atoms with E-state index in [1.54, 1.807) is 53.9 Å². The van der Waals surface area contributed by atoms with Crippen LogP contribution in [-0.2, 0) is 12.4 Å². The SMILES string of the molecule is Br.O=C1c2ccccc2C(=O)N1c1cccc(-c2csc(Nc3cc(C(F)(F)F)cc(C(F)(F)F)c3)n2)c1. The van der Waals surface area contributed by atoms with Gasteiger partial charge in [-0.05, 0) is 42.5 Å². The molecule has 2 amide bonds. The van der Waals surface area contributed by atoms with Gasteiger partial charge >= 0.3 is 12.4 Å². The van der Waals surface area contributed by atoms with Gasteiger partial charge < -0.3 is 5.32 Å². The Kier molecular flexibility index (Phi) is 7.10. The molecule has 0 saturated carbocycles. The average molecular weight is 614 g/mol. The van der Waals surface area contributed by atoms with E-state index in [2.05, 4.69) is 10.3 Å². The van der Waals surface area contributed by atoms with Crippen LogP contribution in [0.2, 0.25) is 0 Å². The summed E-state index contributed by atoms with van der Waals surface area (Å²) >= 11 is 0.963. The summed E-state index contributed by atoms with van der Waals surface area (Å²) < 4.78 is 78.9. The third-order valence-corrected chi connectivity index (χ3v) is 6.30. The molecular weight excluding hydrogens is 600 g/mol. The van der Waals surface area contributed by atoms with Gasteiger partial charge in [0.2, 0.25) is 0 Å². The zero-order valence-corrected chi connectivity index (χ0v) is 21.3. The highest BCUT2D eigenvalue weighted by Crippen LogP contribution is 2.39. The van der Waals surface area contributed by atoms with E-state index in [-0.39, 0.29) is 39.3 Å². The third kappa shape index (κ3) is 5.16. The first kappa shape index (κ1) is 27.3. The van der Waals surface area contributed by atoms with E-state index in [4.69, 9.17) is 0 Å². The highest BCUT2D eigenvalue weighted by atomic mass is 79.9. The highest BCUT2D eigenvalue weighted by molar-refractivity contribution is 8.93. The van der Waals surface area contributed by atoms with Crippen molar-refractivity contribution in [2.24, 2.45) is 0 Å². The van der Waals surface area contributed by atoms with Crippen LogP contribution in [0.1, 0.15) is 31.8 Å². The van der Waals surface area contributed by atoms with Crippen LogP contribution in [0.15, 0.2) is 72.1 Å². The highest BCUT2D eigenvalue weighted by Gasteiger charge is 2.38. The van der Waals surface area contributed by atoms with E-state index < -0.39 is 41.0 Å². The van der Waals surface area contributed by atoms with Crippen LogP contribution in [0.4, 0.5) is 42.8 Å². The fourth-order valence-electron chi connectivity index (χ4n) is 3.84. The lowest BCUT2D eigenvalue weighted by molar-refractivity contribution is -0.143. The van der Waals surface area contributed by atoms with Crippen molar-refractivity contribution in [2.75, 3.05) is 10.2 Å². The number of nitrogens with one attached hydrogen (secondary N) is 1. The number of imide groups is 1. The van der Waals surface area contributed by atoms with Gasteiger partial charge in [0.15, 0.2) is 5.13 Å². The Morgan fingerprint density at radius 2 is 1.34 bits per heavy atom. The first-order chi connectivity index (χ1) is 17.4. The Morgan fingerprint density at radius 1 is 0.763 bits per heavy atom. The Balaban J connectivity index is 0.00000336. The number of hydrogen-bond acceptors (Lipinski definition) is 5. The largest absolute Gasteiger partial charge is 0.416 e. The smallest absolute Gasteiger partial charge is 0.332 e. The summed E-state index contributed by atoms with van der Waals surface area (Å²) in [6.45, 7) is 0. The second-order valence-corrected chi connectivity index (χ2v) is 8.86. The number of carbonyl (C=O) groups excluding carboxylic acids is 2. The first-order valence-corrected chi connectivity index (χ1v) is 11.4. The molecule has 0 spiro atoms. The Bertz CT molecular complexity index is 1480. The number of benzene rings is 3. The van der Waals surface area contributed by atoms with Gasteiger partial charge in [0, 0.05) is 16.6 Å². The number of rotatable bonds is 4. The molecule has 4 aromatic rings. The van der Waals surface area contributed by atoms with Crippen molar-refractivity contribution in [3.8, 4) is 11.3 Å². The van der Waals surface area contributed by atoms with Crippen LogP contribution in [0.25, 0.3) is 11.3 Å². The van der Waals surface area contributed by atoms with E-state index in [0.717, 1.165) is 16.2 Å². The molecule has 1 aliphatic heterocycles. The molecule has 38 heavy (non-hydrogen) atoms. The number of aromatic nitrogens is 1. The molecule has 1 aliphatic rings. The monoisotopic (exact) mass is 613 g/mol. The summed E-state index contributed by atoms with van der Waals surface area (Å²) in [4.78, 5) is 30.9. The van der Waals surface area contributed by atoms with Crippen LogP contribution in [-0.4, -0.2) is 16.8 Å². The normalized spacial score (nSPS) is 13.4.